The van der Waals surface area contributed by atoms with Gasteiger partial charge in [-0.25, -0.2) is 9.37 Å². The number of halogens is 2. The molecule has 1 N–H and O–H groups in total. The van der Waals surface area contributed by atoms with E-state index in [0.717, 1.165) is 29.4 Å². The number of nitrogens with one attached hydrogen (secondary N) is 1. The molecule has 0 aliphatic heterocycles. The molecule has 0 bridgehead atoms. The second-order valence-corrected chi connectivity index (χ2v) is 8.89. The van der Waals surface area contributed by atoms with Crippen LogP contribution in [0.15, 0.2) is 12.3 Å². The molecule has 0 aromatic carbocycles. The lowest BCUT2D eigenvalue weighted by atomic mass is 9.93. The van der Waals surface area contributed by atoms with Gasteiger partial charge in [-0.1, -0.05) is 23.5 Å². The van der Waals surface area contributed by atoms with Crippen LogP contribution in [-0.4, -0.2) is 14.3 Å². The normalized spacial score (nSPS) is 16.2. The summed E-state index contributed by atoms with van der Waals surface area (Å²) in [5.74, 6) is -0.453. The monoisotopic (exact) mass is 341 g/mol. The van der Waals surface area contributed by atoms with Crippen molar-refractivity contribution in [3.63, 3.8) is 0 Å². The van der Waals surface area contributed by atoms with Gasteiger partial charge in [0.05, 0.1) is 0 Å². The zero-order valence-electron chi connectivity index (χ0n) is 13.1. The van der Waals surface area contributed by atoms with E-state index in [9.17, 15) is 4.39 Å². The number of fused-ring (bicyclic) bond motifs is 1. The Labute approximate surface area is 139 Å². The number of nitrogens with zero attached hydrogens (tertiary/aromatic N) is 2. The van der Waals surface area contributed by atoms with Crippen molar-refractivity contribution >= 4 is 34.6 Å². The molecule has 120 valence electrons. The number of hydrogen-bond acceptors (Lipinski definition) is 3. The van der Waals surface area contributed by atoms with E-state index in [1.54, 1.807) is 11.9 Å². The summed E-state index contributed by atoms with van der Waals surface area (Å²) in [4.78, 5) is 4.27. The number of pyridine rings is 1. The van der Waals surface area contributed by atoms with Crippen LogP contribution in [0.2, 0.25) is 5.15 Å². The van der Waals surface area contributed by atoms with Crippen LogP contribution >= 0.6 is 23.5 Å². The molecule has 1 aliphatic carbocycles. The Morgan fingerprint density at radius 1 is 1.45 bits per heavy atom. The summed E-state index contributed by atoms with van der Waals surface area (Å²) >= 11 is 7.56. The van der Waals surface area contributed by atoms with Crippen LogP contribution in [0.25, 0.3) is 11.0 Å². The van der Waals surface area contributed by atoms with Gasteiger partial charge in [0.15, 0.2) is 11.0 Å². The molecule has 0 atom stereocenters. The minimum Gasteiger partial charge on any atom is -0.329 e. The molecular weight excluding hydrogens is 321 g/mol. The summed E-state index contributed by atoms with van der Waals surface area (Å²) in [6, 6.07) is 1.99. The summed E-state index contributed by atoms with van der Waals surface area (Å²) in [5, 5.41) is 0.811. The van der Waals surface area contributed by atoms with E-state index < -0.39 is 5.82 Å². The Kier molecular flexibility index (Phi) is 4.40. The van der Waals surface area contributed by atoms with Crippen molar-refractivity contribution in [3.05, 3.63) is 28.8 Å². The topological polar surface area (TPSA) is 29.9 Å². The number of hydrogen-bond donors (Lipinski definition) is 1. The van der Waals surface area contributed by atoms with Gasteiger partial charge < -0.3 is 4.57 Å². The van der Waals surface area contributed by atoms with Crippen LogP contribution < -0.4 is 4.72 Å². The highest BCUT2D eigenvalue weighted by atomic mass is 35.5. The highest BCUT2D eigenvalue weighted by Crippen LogP contribution is 2.36. The smallest absolute Gasteiger partial charge is 0.167 e. The van der Waals surface area contributed by atoms with Crippen molar-refractivity contribution in [2.45, 2.75) is 57.4 Å². The minimum atomic E-state index is -0.453. The van der Waals surface area contributed by atoms with E-state index in [2.05, 4.69) is 41.2 Å². The van der Waals surface area contributed by atoms with Crippen molar-refractivity contribution in [3.8, 4) is 0 Å². The second-order valence-electron chi connectivity index (χ2n) is 6.81. The third-order valence-electron chi connectivity index (χ3n) is 3.91. The lowest BCUT2D eigenvalue weighted by Crippen LogP contribution is -2.17. The maximum absolute atomic E-state index is 13.8. The summed E-state index contributed by atoms with van der Waals surface area (Å²) in [6.45, 7) is 7.15. The van der Waals surface area contributed by atoms with E-state index in [4.69, 9.17) is 11.6 Å². The SMILES string of the molecule is CC(C)(C)SNCc1cn(C2CCC2)c2nc(Cl)c(F)cc12. The Morgan fingerprint density at radius 3 is 2.77 bits per heavy atom. The van der Waals surface area contributed by atoms with Gasteiger partial charge >= 0.3 is 0 Å². The highest BCUT2D eigenvalue weighted by Gasteiger charge is 2.24. The minimum absolute atomic E-state index is 0.0465. The molecule has 0 unspecified atom stereocenters. The van der Waals surface area contributed by atoms with Crippen molar-refractivity contribution in [2.75, 3.05) is 0 Å². The summed E-state index contributed by atoms with van der Waals surface area (Å²) in [5.41, 5.74) is 1.87. The molecule has 0 radical (unpaired) electrons. The van der Waals surface area contributed by atoms with Crippen LogP contribution in [0.4, 0.5) is 4.39 Å². The molecular formula is C16H21ClFN3S. The first-order valence-electron chi connectivity index (χ1n) is 7.61. The zero-order valence-corrected chi connectivity index (χ0v) is 14.7. The molecule has 3 nitrogen and oxygen atoms in total. The van der Waals surface area contributed by atoms with Gasteiger partial charge in [0.2, 0.25) is 0 Å². The van der Waals surface area contributed by atoms with Gasteiger partial charge in [0.25, 0.3) is 0 Å². The molecule has 3 rings (SSSR count). The maximum Gasteiger partial charge on any atom is 0.167 e. The lowest BCUT2D eigenvalue weighted by molar-refractivity contribution is 0.320. The van der Waals surface area contributed by atoms with Crippen molar-refractivity contribution < 1.29 is 4.39 Å². The molecule has 2 aromatic rings. The first-order chi connectivity index (χ1) is 10.3. The third kappa shape index (κ3) is 3.26. The van der Waals surface area contributed by atoms with Crippen molar-refractivity contribution in [1.29, 1.82) is 0 Å². The van der Waals surface area contributed by atoms with Crippen molar-refractivity contribution in [2.24, 2.45) is 0 Å². The first-order valence-corrected chi connectivity index (χ1v) is 8.81. The largest absolute Gasteiger partial charge is 0.329 e. The summed E-state index contributed by atoms with van der Waals surface area (Å²) in [6.07, 6.45) is 5.66. The molecule has 6 heteroatoms. The lowest BCUT2D eigenvalue weighted by Gasteiger charge is -2.27. The Morgan fingerprint density at radius 2 is 2.18 bits per heavy atom. The Hall–Kier alpha value is -0.780. The Balaban J connectivity index is 1.93. The van der Waals surface area contributed by atoms with Crippen LogP contribution in [-0.2, 0) is 6.54 Å². The molecule has 1 saturated carbocycles. The molecule has 2 aromatic heterocycles. The van der Waals surface area contributed by atoms with Gasteiger partial charge in [-0.15, -0.1) is 0 Å². The molecule has 0 saturated heterocycles. The quantitative estimate of drug-likeness (QED) is 0.620. The highest BCUT2D eigenvalue weighted by molar-refractivity contribution is 7.98. The van der Waals surface area contributed by atoms with E-state index in [1.807, 2.05) is 0 Å². The second kappa shape index (κ2) is 6.02. The average molecular weight is 342 g/mol. The molecule has 2 heterocycles. The third-order valence-corrected chi connectivity index (χ3v) is 5.07. The van der Waals surface area contributed by atoms with Crippen LogP contribution in [0.5, 0.6) is 0 Å². The van der Waals surface area contributed by atoms with Gasteiger partial charge in [-0.3, -0.25) is 4.72 Å². The van der Waals surface area contributed by atoms with Gasteiger partial charge in [0, 0.05) is 28.9 Å². The fraction of sp³-hybridized carbons (Fsp3) is 0.562. The van der Waals surface area contributed by atoms with E-state index in [-0.39, 0.29) is 9.90 Å². The standard InChI is InChI=1S/C16H21ClFN3S/c1-16(2,3)22-19-8-10-9-21(11-5-4-6-11)15-12(10)7-13(18)14(17)20-15/h7,9,11,19H,4-6,8H2,1-3H3. The van der Waals surface area contributed by atoms with Gasteiger partial charge in [-0.2, -0.15) is 0 Å². The zero-order chi connectivity index (χ0) is 15.9. The van der Waals surface area contributed by atoms with E-state index >= 15 is 0 Å². The number of aromatic nitrogens is 2. The molecule has 1 fully saturated rings. The molecule has 0 amide bonds. The van der Waals surface area contributed by atoms with Crippen LogP contribution in [0.3, 0.4) is 0 Å². The predicted molar refractivity (Wildman–Crippen MR) is 91.8 cm³/mol. The summed E-state index contributed by atoms with van der Waals surface area (Å²) < 4.78 is 19.5. The fourth-order valence-corrected chi connectivity index (χ4v) is 3.40. The van der Waals surface area contributed by atoms with Gasteiger partial charge in [-0.05, 0) is 51.7 Å². The van der Waals surface area contributed by atoms with Crippen LogP contribution in [0.1, 0.15) is 51.6 Å². The average Bonchev–Trinajstić information content (AvgIpc) is 2.65. The molecule has 22 heavy (non-hydrogen) atoms. The molecule has 0 spiro atoms. The van der Waals surface area contributed by atoms with E-state index in [0.29, 0.717) is 12.6 Å². The van der Waals surface area contributed by atoms with Gasteiger partial charge in [0.1, 0.15) is 5.65 Å². The predicted octanol–water partition coefficient (Wildman–Crippen LogP) is 5.09. The van der Waals surface area contributed by atoms with Crippen molar-refractivity contribution in [1.82, 2.24) is 14.3 Å². The summed E-state index contributed by atoms with van der Waals surface area (Å²) in [7, 11) is 0. The van der Waals surface area contributed by atoms with Crippen LogP contribution in [0, 0.1) is 5.82 Å². The van der Waals surface area contributed by atoms with E-state index in [1.165, 1.54) is 12.5 Å². The Bertz CT molecular complexity index is 689. The molecule has 1 aliphatic rings. The maximum atomic E-state index is 13.8. The fourth-order valence-electron chi connectivity index (χ4n) is 2.60. The first kappa shape index (κ1) is 16.1. The number of rotatable bonds is 4.